The monoisotopic (exact) mass is 448 g/mol. The first kappa shape index (κ1) is 21.9. The maximum absolute atomic E-state index is 12.8. The number of hydrogen-bond acceptors (Lipinski definition) is 3. The number of amides is 2. The predicted molar refractivity (Wildman–Crippen MR) is 126 cm³/mol. The first-order chi connectivity index (χ1) is 15.5. The van der Waals surface area contributed by atoms with Crippen molar-refractivity contribution >= 4 is 29.1 Å². The molecule has 1 aliphatic heterocycles. The molecular formula is C26H25ClN2O3. The van der Waals surface area contributed by atoms with Gasteiger partial charge in [-0.05, 0) is 80.4 Å². The number of hydrogen-bond donors (Lipinski definition) is 1. The Morgan fingerprint density at radius 1 is 0.938 bits per heavy atom. The lowest BCUT2D eigenvalue weighted by Gasteiger charge is -2.32. The zero-order valence-corrected chi connectivity index (χ0v) is 18.6. The summed E-state index contributed by atoms with van der Waals surface area (Å²) in [6.07, 6.45) is 1.55. The quantitative estimate of drug-likeness (QED) is 0.526. The van der Waals surface area contributed by atoms with Crippen LogP contribution in [0.3, 0.4) is 0 Å². The van der Waals surface area contributed by atoms with Crippen LogP contribution in [-0.4, -0.2) is 29.8 Å². The highest BCUT2D eigenvalue weighted by Gasteiger charge is 2.29. The van der Waals surface area contributed by atoms with Crippen LogP contribution in [-0.2, 0) is 4.79 Å². The minimum absolute atomic E-state index is 0.0724. The van der Waals surface area contributed by atoms with E-state index in [9.17, 15) is 9.59 Å². The first-order valence-corrected chi connectivity index (χ1v) is 11.1. The number of nitrogens with one attached hydrogen (secondary N) is 1. The number of halogens is 1. The molecule has 1 saturated heterocycles. The third-order valence-electron chi connectivity index (χ3n) is 5.55. The zero-order valence-electron chi connectivity index (χ0n) is 17.9. The highest BCUT2D eigenvalue weighted by Crippen LogP contribution is 2.25. The fraction of sp³-hybridized carbons (Fsp3) is 0.231. The topological polar surface area (TPSA) is 58.6 Å². The Kier molecular flexibility index (Phi) is 6.76. The van der Waals surface area contributed by atoms with E-state index in [1.165, 1.54) is 5.56 Å². The normalized spacial score (nSPS) is 15.8. The van der Waals surface area contributed by atoms with Gasteiger partial charge in [0.15, 0.2) is 0 Å². The standard InChI is InChI=1S/C26H25ClN2O3/c1-18-4-12-23(13-5-18)32-24-14-10-22(11-15-24)28-25(30)20-3-2-16-29(17-20)26(31)19-6-8-21(27)9-7-19/h4-15,20H,2-3,16-17H2,1H3,(H,28,30)/t20-/m1/s1. The summed E-state index contributed by atoms with van der Waals surface area (Å²) in [4.78, 5) is 27.4. The Hall–Kier alpha value is -3.31. The highest BCUT2D eigenvalue weighted by molar-refractivity contribution is 6.30. The van der Waals surface area contributed by atoms with Crippen LogP contribution in [0.4, 0.5) is 5.69 Å². The molecule has 0 aliphatic carbocycles. The summed E-state index contributed by atoms with van der Waals surface area (Å²) >= 11 is 5.91. The van der Waals surface area contributed by atoms with E-state index in [1.807, 2.05) is 55.5 Å². The number of rotatable bonds is 5. The lowest BCUT2D eigenvalue weighted by Crippen LogP contribution is -2.43. The van der Waals surface area contributed by atoms with Gasteiger partial charge in [-0.1, -0.05) is 29.3 Å². The molecule has 5 nitrogen and oxygen atoms in total. The largest absolute Gasteiger partial charge is 0.457 e. The molecule has 0 radical (unpaired) electrons. The van der Waals surface area contributed by atoms with Crippen molar-refractivity contribution in [2.24, 2.45) is 5.92 Å². The van der Waals surface area contributed by atoms with E-state index < -0.39 is 0 Å². The minimum Gasteiger partial charge on any atom is -0.457 e. The van der Waals surface area contributed by atoms with Gasteiger partial charge < -0.3 is 15.0 Å². The van der Waals surface area contributed by atoms with Crippen molar-refractivity contribution in [2.75, 3.05) is 18.4 Å². The van der Waals surface area contributed by atoms with E-state index >= 15 is 0 Å². The Morgan fingerprint density at radius 2 is 1.56 bits per heavy atom. The van der Waals surface area contributed by atoms with Crippen LogP contribution in [0.1, 0.15) is 28.8 Å². The summed E-state index contributed by atoms with van der Waals surface area (Å²) in [6, 6.07) is 22.0. The predicted octanol–water partition coefficient (Wildman–Crippen LogP) is 5.93. The van der Waals surface area contributed by atoms with Gasteiger partial charge in [0.25, 0.3) is 5.91 Å². The SMILES string of the molecule is Cc1ccc(Oc2ccc(NC(=O)[C@@H]3CCCN(C(=O)c4ccc(Cl)cc4)C3)cc2)cc1. The number of nitrogens with zero attached hydrogens (tertiary/aromatic N) is 1. The van der Waals surface area contributed by atoms with Crippen LogP contribution in [0.25, 0.3) is 0 Å². The smallest absolute Gasteiger partial charge is 0.253 e. The lowest BCUT2D eigenvalue weighted by atomic mass is 9.96. The van der Waals surface area contributed by atoms with Gasteiger partial charge in [-0.3, -0.25) is 9.59 Å². The average Bonchev–Trinajstić information content (AvgIpc) is 2.82. The summed E-state index contributed by atoms with van der Waals surface area (Å²) in [6.45, 7) is 3.08. The molecule has 0 unspecified atom stereocenters. The number of likely N-dealkylation sites (tertiary alicyclic amines) is 1. The van der Waals surface area contributed by atoms with Crippen molar-refractivity contribution in [2.45, 2.75) is 19.8 Å². The molecule has 1 aliphatic rings. The molecule has 2 amide bonds. The van der Waals surface area contributed by atoms with Crippen LogP contribution in [0, 0.1) is 12.8 Å². The molecular weight excluding hydrogens is 424 g/mol. The second-order valence-corrected chi connectivity index (χ2v) is 8.46. The van der Waals surface area contributed by atoms with Crippen molar-refractivity contribution in [1.29, 1.82) is 0 Å². The number of ether oxygens (including phenoxy) is 1. The summed E-state index contributed by atoms with van der Waals surface area (Å²) in [5, 5.41) is 3.56. The Labute approximate surface area is 193 Å². The number of piperidine rings is 1. The average molecular weight is 449 g/mol. The lowest BCUT2D eigenvalue weighted by molar-refractivity contribution is -0.121. The van der Waals surface area contributed by atoms with Gasteiger partial charge in [0, 0.05) is 29.4 Å². The molecule has 0 bridgehead atoms. The molecule has 0 spiro atoms. The molecule has 164 valence electrons. The number of carbonyl (C=O) groups is 2. The Balaban J connectivity index is 1.34. The fourth-order valence-electron chi connectivity index (χ4n) is 3.74. The molecule has 3 aromatic carbocycles. The van der Waals surface area contributed by atoms with Gasteiger partial charge >= 0.3 is 0 Å². The highest BCUT2D eigenvalue weighted by atomic mass is 35.5. The van der Waals surface area contributed by atoms with E-state index in [1.54, 1.807) is 29.2 Å². The molecule has 32 heavy (non-hydrogen) atoms. The second-order valence-electron chi connectivity index (χ2n) is 8.03. The van der Waals surface area contributed by atoms with Crippen LogP contribution in [0.15, 0.2) is 72.8 Å². The van der Waals surface area contributed by atoms with Gasteiger partial charge in [-0.25, -0.2) is 0 Å². The molecule has 1 atom stereocenters. The van der Waals surface area contributed by atoms with Gasteiger partial charge in [0.1, 0.15) is 11.5 Å². The van der Waals surface area contributed by atoms with Crippen LogP contribution >= 0.6 is 11.6 Å². The van der Waals surface area contributed by atoms with Gasteiger partial charge in [0.2, 0.25) is 5.91 Å². The van der Waals surface area contributed by atoms with Crippen molar-refractivity contribution in [3.05, 3.63) is 88.9 Å². The van der Waals surface area contributed by atoms with Crippen molar-refractivity contribution in [1.82, 2.24) is 4.90 Å². The first-order valence-electron chi connectivity index (χ1n) is 10.7. The number of aryl methyl sites for hydroxylation is 1. The van der Waals surface area contributed by atoms with Crippen molar-refractivity contribution in [3.8, 4) is 11.5 Å². The third-order valence-corrected chi connectivity index (χ3v) is 5.80. The van der Waals surface area contributed by atoms with E-state index in [0.29, 0.717) is 35.1 Å². The molecule has 1 heterocycles. The summed E-state index contributed by atoms with van der Waals surface area (Å²) in [5.41, 5.74) is 2.46. The molecule has 4 rings (SSSR count). The van der Waals surface area contributed by atoms with Crippen molar-refractivity contribution < 1.29 is 14.3 Å². The zero-order chi connectivity index (χ0) is 22.5. The number of benzene rings is 3. The minimum atomic E-state index is -0.247. The molecule has 1 fully saturated rings. The maximum Gasteiger partial charge on any atom is 0.253 e. The summed E-state index contributed by atoms with van der Waals surface area (Å²) in [5.74, 6) is 1.07. The molecule has 3 aromatic rings. The van der Waals surface area contributed by atoms with Gasteiger partial charge in [-0.15, -0.1) is 0 Å². The van der Waals surface area contributed by atoms with Gasteiger partial charge in [0.05, 0.1) is 5.92 Å². The molecule has 0 aromatic heterocycles. The van der Waals surface area contributed by atoms with E-state index in [4.69, 9.17) is 16.3 Å². The molecule has 6 heteroatoms. The fourth-order valence-corrected chi connectivity index (χ4v) is 3.87. The van der Waals surface area contributed by atoms with Crippen LogP contribution < -0.4 is 10.1 Å². The number of carbonyl (C=O) groups excluding carboxylic acids is 2. The Bertz CT molecular complexity index is 1080. The number of anilines is 1. The summed E-state index contributed by atoms with van der Waals surface area (Å²) in [7, 11) is 0. The second kappa shape index (κ2) is 9.88. The van der Waals surface area contributed by atoms with Crippen molar-refractivity contribution in [3.63, 3.8) is 0 Å². The molecule has 1 N–H and O–H groups in total. The van der Waals surface area contributed by atoms with Crippen LogP contribution in [0.5, 0.6) is 11.5 Å². The van der Waals surface area contributed by atoms with E-state index in [2.05, 4.69) is 5.32 Å². The Morgan fingerprint density at radius 3 is 2.22 bits per heavy atom. The molecule has 0 saturated carbocycles. The summed E-state index contributed by atoms with van der Waals surface area (Å²) < 4.78 is 5.83. The van der Waals surface area contributed by atoms with Gasteiger partial charge in [-0.2, -0.15) is 0 Å². The maximum atomic E-state index is 12.8. The van der Waals surface area contributed by atoms with E-state index in [0.717, 1.165) is 18.6 Å². The third kappa shape index (κ3) is 5.48. The van der Waals surface area contributed by atoms with Crippen LogP contribution in [0.2, 0.25) is 5.02 Å². The van der Waals surface area contributed by atoms with E-state index in [-0.39, 0.29) is 17.7 Å².